The maximum atomic E-state index is 12.9. The Balaban J connectivity index is 2.89. The lowest BCUT2D eigenvalue weighted by molar-refractivity contribution is -0.138. The molecule has 116 valence electrons. The molecule has 6 heteroatoms. The van der Waals surface area contributed by atoms with Crippen molar-refractivity contribution in [3.8, 4) is 0 Å². The average molecular weight is 284 g/mol. The van der Waals surface area contributed by atoms with Gasteiger partial charge in [0.1, 0.15) is 5.41 Å². The van der Waals surface area contributed by atoms with E-state index in [4.69, 9.17) is 10.9 Å². The Morgan fingerprint density at radius 3 is 2.30 bits per heavy atom. The lowest BCUT2D eigenvalue weighted by Gasteiger charge is -2.34. The highest BCUT2D eigenvalue weighted by Crippen LogP contribution is 2.40. The normalized spacial score (nSPS) is 18.5. The van der Waals surface area contributed by atoms with E-state index >= 15 is 0 Å². The van der Waals surface area contributed by atoms with Crippen LogP contribution < -0.4 is 5.73 Å². The summed E-state index contributed by atoms with van der Waals surface area (Å²) in [6.07, 6.45) is 4.18. The van der Waals surface area contributed by atoms with Crippen molar-refractivity contribution in [2.24, 2.45) is 16.3 Å². The van der Waals surface area contributed by atoms with E-state index in [1.54, 1.807) is 0 Å². The number of hydrogen-bond acceptors (Lipinski definition) is 4. The number of nitrogens with zero attached hydrogens (tertiary/aromatic N) is 3. The standard InChI is InChI=1S/C14H28N4O2/c1-4-9-18(11-10-17(2)3)13(19)14(12(15)16-20)7-5-6-8-14/h20H,4-11H2,1-3H3,(H2,15,16). The predicted octanol–water partition coefficient (Wildman–Crippen LogP) is 1.09. The Hall–Kier alpha value is -1.30. The zero-order chi connectivity index (χ0) is 15.2. The summed E-state index contributed by atoms with van der Waals surface area (Å²) in [6, 6.07) is 0. The minimum atomic E-state index is -0.782. The van der Waals surface area contributed by atoms with Crippen LogP contribution in [0.4, 0.5) is 0 Å². The van der Waals surface area contributed by atoms with E-state index in [9.17, 15) is 4.79 Å². The second kappa shape index (κ2) is 7.47. The van der Waals surface area contributed by atoms with Crippen LogP contribution in [0.1, 0.15) is 39.0 Å². The van der Waals surface area contributed by atoms with Gasteiger partial charge in [-0.3, -0.25) is 4.79 Å². The van der Waals surface area contributed by atoms with E-state index in [2.05, 4.69) is 17.0 Å². The topological polar surface area (TPSA) is 82.2 Å². The van der Waals surface area contributed by atoms with Crippen molar-refractivity contribution in [1.29, 1.82) is 0 Å². The molecule has 1 aliphatic carbocycles. The third-order valence-corrected chi connectivity index (χ3v) is 4.06. The lowest BCUT2D eigenvalue weighted by Crippen LogP contribution is -2.51. The van der Waals surface area contributed by atoms with Crippen LogP contribution >= 0.6 is 0 Å². The highest BCUT2D eigenvalue weighted by Gasteiger charge is 2.47. The molecule has 6 nitrogen and oxygen atoms in total. The molecular weight excluding hydrogens is 256 g/mol. The molecule has 0 aliphatic heterocycles. The minimum absolute atomic E-state index is 0.0222. The maximum absolute atomic E-state index is 12.9. The molecule has 1 amide bonds. The van der Waals surface area contributed by atoms with Crippen LogP contribution in [0, 0.1) is 5.41 Å². The molecule has 0 atom stereocenters. The molecule has 0 aromatic carbocycles. The van der Waals surface area contributed by atoms with Gasteiger partial charge in [-0.1, -0.05) is 24.9 Å². The SMILES string of the molecule is CCCN(CCN(C)C)C(=O)C1(C(N)=NO)CCCC1. The number of hydrogen-bond donors (Lipinski definition) is 2. The van der Waals surface area contributed by atoms with Crippen LogP contribution in [-0.2, 0) is 4.79 Å². The van der Waals surface area contributed by atoms with Gasteiger partial charge in [-0.2, -0.15) is 0 Å². The molecule has 0 unspecified atom stereocenters. The van der Waals surface area contributed by atoms with Crippen molar-refractivity contribution < 1.29 is 10.0 Å². The quantitative estimate of drug-likeness (QED) is 0.317. The van der Waals surface area contributed by atoms with Crippen LogP contribution in [0.2, 0.25) is 0 Å². The Bertz CT molecular complexity index is 349. The number of rotatable bonds is 7. The summed E-state index contributed by atoms with van der Waals surface area (Å²) in [4.78, 5) is 16.8. The first-order valence-corrected chi connectivity index (χ1v) is 7.40. The number of carbonyl (C=O) groups is 1. The van der Waals surface area contributed by atoms with Crippen molar-refractivity contribution in [1.82, 2.24) is 9.80 Å². The van der Waals surface area contributed by atoms with Crippen molar-refractivity contribution in [2.75, 3.05) is 33.7 Å². The monoisotopic (exact) mass is 284 g/mol. The minimum Gasteiger partial charge on any atom is -0.409 e. The highest BCUT2D eigenvalue weighted by molar-refractivity contribution is 6.07. The van der Waals surface area contributed by atoms with Crippen LogP contribution in [0.5, 0.6) is 0 Å². The van der Waals surface area contributed by atoms with Crippen molar-refractivity contribution in [3.63, 3.8) is 0 Å². The Labute approximate surface area is 121 Å². The Morgan fingerprint density at radius 2 is 1.85 bits per heavy atom. The zero-order valence-electron chi connectivity index (χ0n) is 12.9. The van der Waals surface area contributed by atoms with Gasteiger partial charge in [0.2, 0.25) is 5.91 Å². The van der Waals surface area contributed by atoms with E-state index in [0.717, 1.165) is 25.8 Å². The van der Waals surface area contributed by atoms with Crippen molar-refractivity contribution >= 4 is 11.7 Å². The highest BCUT2D eigenvalue weighted by atomic mass is 16.4. The molecular formula is C14H28N4O2. The molecule has 0 spiro atoms. The molecule has 0 aromatic rings. The molecule has 1 rings (SSSR count). The van der Waals surface area contributed by atoms with E-state index < -0.39 is 5.41 Å². The van der Waals surface area contributed by atoms with Gasteiger partial charge < -0.3 is 20.7 Å². The lowest BCUT2D eigenvalue weighted by atomic mass is 9.83. The van der Waals surface area contributed by atoms with Crippen LogP contribution in [0.3, 0.4) is 0 Å². The van der Waals surface area contributed by atoms with E-state index in [-0.39, 0.29) is 11.7 Å². The first-order chi connectivity index (χ1) is 9.47. The molecule has 1 aliphatic rings. The van der Waals surface area contributed by atoms with Crippen LogP contribution in [0.25, 0.3) is 0 Å². The van der Waals surface area contributed by atoms with Gasteiger partial charge in [0.15, 0.2) is 5.84 Å². The molecule has 0 heterocycles. The number of carbonyl (C=O) groups excluding carboxylic acids is 1. The fourth-order valence-electron chi connectivity index (χ4n) is 2.86. The molecule has 0 bridgehead atoms. The molecule has 0 saturated heterocycles. The van der Waals surface area contributed by atoms with Gasteiger partial charge in [0.25, 0.3) is 0 Å². The smallest absolute Gasteiger partial charge is 0.236 e. The van der Waals surface area contributed by atoms with Crippen LogP contribution in [0.15, 0.2) is 5.16 Å². The van der Waals surface area contributed by atoms with E-state index in [1.165, 1.54) is 0 Å². The average Bonchev–Trinajstić information content (AvgIpc) is 2.92. The molecule has 1 fully saturated rings. The number of nitrogens with two attached hydrogens (primary N) is 1. The Morgan fingerprint density at radius 1 is 1.25 bits per heavy atom. The van der Waals surface area contributed by atoms with E-state index in [1.807, 2.05) is 19.0 Å². The predicted molar refractivity (Wildman–Crippen MR) is 79.7 cm³/mol. The first-order valence-electron chi connectivity index (χ1n) is 7.40. The summed E-state index contributed by atoms with van der Waals surface area (Å²) in [5.41, 5.74) is 5.06. The maximum Gasteiger partial charge on any atom is 0.236 e. The van der Waals surface area contributed by atoms with Gasteiger partial charge in [-0.15, -0.1) is 0 Å². The number of amidine groups is 1. The second-order valence-corrected chi connectivity index (χ2v) is 5.87. The largest absolute Gasteiger partial charge is 0.409 e. The summed E-state index contributed by atoms with van der Waals surface area (Å²) in [7, 11) is 3.98. The number of likely N-dealkylation sites (N-methyl/N-ethyl adjacent to an activating group) is 1. The fraction of sp³-hybridized carbons (Fsp3) is 0.857. The Kier molecular flexibility index (Phi) is 6.26. The summed E-state index contributed by atoms with van der Waals surface area (Å²) in [5, 5.41) is 12.2. The van der Waals surface area contributed by atoms with Gasteiger partial charge >= 0.3 is 0 Å². The molecule has 1 saturated carbocycles. The summed E-state index contributed by atoms with van der Waals surface area (Å²) < 4.78 is 0. The van der Waals surface area contributed by atoms with Gasteiger partial charge in [-0.05, 0) is 33.4 Å². The molecule has 3 N–H and O–H groups in total. The van der Waals surface area contributed by atoms with Crippen molar-refractivity contribution in [3.05, 3.63) is 0 Å². The van der Waals surface area contributed by atoms with Gasteiger partial charge in [-0.25, -0.2) is 0 Å². The summed E-state index contributed by atoms with van der Waals surface area (Å²) in [5.74, 6) is 0.0972. The number of oxime groups is 1. The third-order valence-electron chi connectivity index (χ3n) is 4.06. The molecule has 0 radical (unpaired) electrons. The fourth-order valence-corrected chi connectivity index (χ4v) is 2.86. The summed E-state index contributed by atoms with van der Waals surface area (Å²) in [6.45, 7) is 4.27. The number of amides is 1. The van der Waals surface area contributed by atoms with Gasteiger partial charge in [0, 0.05) is 19.6 Å². The first kappa shape index (κ1) is 16.8. The summed E-state index contributed by atoms with van der Waals surface area (Å²) >= 11 is 0. The molecule has 0 aromatic heterocycles. The second-order valence-electron chi connectivity index (χ2n) is 5.87. The van der Waals surface area contributed by atoms with Gasteiger partial charge in [0.05, 0.1) is 0 Å². The van der Waals surface area contributed by atoms with Crippen molar-refractivity contribution in [2.45, 2.75) is 39.0 Å². The molecule has 20 heavy (non-hydrogen) atoms. The van der Waals surface area contributed by atoms with Crippen LogP contribution in [-0.4, -0.2) is 60.5 Å². The van der Waals surface area contributed by atoms with E-state index in [0.29, 0.717) is 25.9 Å². The third kappa shape index (κ3) is 3.62. The zero-order valence-corrected chi connectivity index (χ0v) is 12.9.